The standard InChI is InChI=1S/C18H19Cl2N3O2/c1-12(24)22-15-4-6-16(7-5-15)23-18(25)11-21-9-8-13-2-3-14(19)10-17(13)20/h2-7,10,21H,8-9,11H2,1H3,(H,22,24)(H,23,25). The predicted octanol–water partition coefficient (Wildman–Crippen LogP) is 3.72. The van der Waals surface area contributed by atoms with Crippen molar-refractivity contribution in [3.05, 3.63) is 58.1 Å². The number of anilines is 2. The summed E-state index contributed by atoms with van der Waals surface area (Å²) in [5, 5.41) is 9.75. The van der Waals surface area contributed by atoms with Crippen LogP contribution in [0.5, 0.6) is 0 Å². The van der Waals surface area contributed by atoms with Gasteiger partial charge < -0.3 is 16.0 Å². The van der Waals surface area contributed by atoms with Crippen LogP contribution in [0.25, 0.3) is 0 Å². The van der Waals surface area contributed by atoms with Crippen LogP contribution in [-0.2, 0) is 16.0 Å². The molecule has 0 atom stereocenters. The number of hydrogen-bond donors (Lipinski definition) is 3. The monoisotopic (exact) mass is 379 g/mol. The molecule has 0 saturated carbocycles. The van der Waals surface area contributed by atoms with Crippen molar-refractivity contribution < 1.29 is 9.59 Å². The molecule has 0 fully saturated rings. The molecular weight excluding hydrogens is 361 g/mol. The largest absolute Gasteiger partial charge is 0.326 e. The van der Waals surface area contributed by atoms with Crippen LogP contribution in [0.15, 0.2) is 42.5 Å². The first-order chi connectivity index (χ1) is 11.9. The van der Waals surface area contributed by atoms with Crippen LogP contribution in [-0.4, -0.2) is 24.9 Å². The minimum Gasteiger partial charge on any atom is -0.326 e. The van der Waals surface area contributed by atoms with Crippen molar-refractivity contribution in [1.82, 2.24) is 5.32 Å². The average molecular weight is 380 g/mol. The summed E-state index contributed by atoms with van der Waals surface area (Å²) < 4.78 is 0. The number of nitrogens with one attached hydrogen (secondary N) is 3. The van der Waals surface area contributed by atoms with E-state index >= 15 is 0 Å². The van der Waals surface area contributed by atoms with Crippen LogP contribution >= 0.6 is 23.2 Å². The molecule has 2 rings (SSSR count). The van der Waals surface area contributed by atoms with Crippen molar-refractivity contribution >= 4 is 46.4 Å². The Morgan fingerprint density at radius 3 is 2.20 bits per heavy atom. The van der Waals surface area contributed by atoms with Gasteiger partial charge in [-0.3, -0.25) is 9.59 Å². The Hall–Kier alpha value is -2.08. The molecule has 3 N–H and O–H groups in total. The summed E-state index contributed by atoms with van der Waals surface area (Å²) in [6, 6.07) is 12.3. The highest BCUT2D eigenvalue weighted by Gasteiger charge is 2.04. The smallest absolute Gasteiger partial charge is 0.238 e. The number of carbonyl (C=O) groups is 2. The third kappa shape index (κ3) is 6.74. The van der Waals surface area contributed by atoms with E-state index in [1.54, 1.807) is 36.4 Å². The van der Waals surface area contributed by atoms with Crippen LogP contribution in [0.3, 0.4) is 0 Å². The van der Waals surface area contributed by atoms with Gasteiger partial charge in [0.25, 0.3) is 0 Å². The van der Waals surface area contributed by atoms with E-state index in [0.29, 0.717) is 34.4 Å². The van der Waals surface area contributed by atoms with Crippen molar-refractivity contribution in [3.63, 3.8) is 0 Å². The van der Waals surface area contributed by atoms with E-state index in [1.807, 2.05) is 6.07 Å². The van der Waals surface area contributed by atoms with Gasteiger partial charge in [0.1, 0.15) is 0 Å². The van der Waals surface area contributed by atoms with E-state index in [9.17, 15) is 9.59 Å². The summed E-state index contributed by atoms with van der Waals surface area (Å²) in [6.45, 7) is 2.26. The Morgan fingerprint density at radius 2 is 1.60 bits per heavy atom. The molecule has 0 heterocycles. The maximum Gasteiger partial charge on any atom is 0.238 e. The summed E-state index contributed by atoms with van der Waals surface area (Å²) in [6.07, 6.45) is 0.703. The summed E-state index contributed by atoms with van der Waals surface area (Å²) in [5.74, 6) is -0.281. The maximum atomic E-state index is 11.9. The lowest BCUT2D eigenvalue weighted by Crippen LogP contribution is -2.29. The Labute approximate surface area is 156 Å². The summed E-state index contributed by atoms with van der Waals surface area (Å²) in [7, 11) is 0. The van der Waals surface area contributed by atoms with Crippen molar-refractivity contribution in [2.45, 2.75) is 13.3 Å². The van der Waals surface area contributed by atoms with Gasteiger partial charge in [0, 0.05) is 28.3 Å². The van der Waals surface area contributed by atoms with Gasteiger partial charge in [-0.05, 0) is 54.9 Å². The second-order valence-electron chi connectivity index (χ2n) is 5.47. The van der Waals surface area contributed by atoms with Gasteiger partial charge >= 0.3 is 0 Å². The fourth-order valence-corrected chi connectivity index (χ4v) is 2.70. The molecule has 25 heavy (non-hydrogen) atoms. The maximum absolute atomic E-state index is 11.9. The van der Waals surface area contributed by atoms with E-state index in [1.165, 1.54) is 6.92 Å². The van der Waals surface area contributed by atoms with E-state index in [-0.39, 0.29) is 18.4 Å². The van der Waals surface area contributed by atoms with Gasteiger partial charge in [-0.1, -0.05) is 29.3 Å². The van der Waals surface area contributed by atoms with Crippen molar-refractivity contribution in [2.24, 2.45) is 0 Å². The molecule has 0 spiro atoms. The van der Waals surface area contributed by atoms with Crippen LogP contribution in [0, 0.1) is 0 Å². The van der Waals surface area contributed by atoms with E-state index in [4.69, 9.17) is 23.2 Å². The first-order valence-electron chi connectivity index (χ1n) is 7.76. The molecule has 0 saturated heterocycles. The molecular formula is C18H19Cl2N3O2. The highest BCUT2D eigenvalue weighted by atomic mass is 35.5. The zero-order valence-electron chi connectivity index (χ0n) is 13.7. The van der Waals surface area contributed by atoms with E-state index in [0.717, 1.165) is 5.56 Å². The van der Waals surface area contributed by atoms with Crippen LogP contribution < -0.4 is 16.0 Å². The quantitative estimate of drug-likeness (QED) is 0.642. The number of hydrogen-bond acceptors (Lipinski definition) is 3. The Bertz CT molecular complexity index is 748. The van der Waals surface area contributed by atoms with Crippen molar-refractivity contribution in [3.8, 4) is 0 Å². The number of amides is 2. The zero-order valence-corrected chi connectivity index (χ0v) is 15.2. The minimum atomic E-state index is -0.144. The van der Waals surface area contributed by atoms with E-state index in [2.05, 4.69) is 16.0 Å². The Morgan fingerprint density at radius 1 is 0.960 bits per heavy atom. The summed E-state index contributed by atoms with van der Waals surface area (Å²) in [4.78, 5) is 22.9. The van der Waals surface area contributed by atoms with E-state index < -0.39 is 0 Å². The van der Waals surface area contributed by atoms with Crippen molar-refractivity contribution in [1.29, 1.82) is 0 Å². The molecule has 2 amide bonds. The third-order valence-electron chi connectivity index (χ3n) is 3.36. The topological polar surface area (TPSA) is 70.2 Å². The van der Waals surface area contributed by atoms with Gasteiger partial charge in [-0.2, -0.15) is 0 Å². The predicted molar refractivity (Wildman–Crippen MR) is 102 cm³/mol. The molecule has 7 heteroatoms. The fourth-order valence-electron chi connectivity index (χ4n) is 2.19. The molecule has 0 radical (unpaired) electrons. The molecule has 2 aromatic carbocycles. The Balaban J connectivity index is 1.72. The number of halogens is 2. The molecule has 0 aliphatic carbocycles. The first-order valence-corrected chi connectivity index (χ1v) is 8.52. The van der Waals surface area contributed by atoms with Crippen molar-refractivity contribution in [2.75, 3.05) is 23.7 Å². The van der Waals surface area contributed by atoms with Gasteiger partial charge in [-0.15, -0.1) is 0 Å². The molecule has 0 aliphatic heterocycles. The second-order valence-corrected chi connectivity index (χ2v) is 6.31. The highest BCUT2D eigenvalue weighted by molar-refractivity contribution is 6.35. The van der Waals surface area contributed by atoms with Crippen LogP contribution in [0.4, 0.5) is 11.4 Å². The molecule has 2 aromatic rings. The normalized spacial score (nSPS) is 10.4. The highest BCUT2D eigenvalue weighted by Crippen LogP contribution is 2.21. The summed E-state index contributed by atoms with van der Waals surface area (Å²) in [5.41, 5.74) is 2.33. The number of rotatable bonds is 7. The van der Waals surface area contributed by atoms with Gasteiger partial charge in [0.2, 0.25) is 11.8 Å². The lowest BCUT2D eigenvalue weighted by Gasteiger charge is -2.09. The molecule has 0 unspecified atom stereocenters. The lowest BCUT2D eigenvalue weighted by atomic mass is 10.1. The minimum absolute atomic E-state index is 0.137. The fraction of sp³-hybridized carbons (Fsp3) is 0.222. The average Bonchev–Trinajstić information content (AvgIpc) is 2.54. The molecule has 0 aliphatic rings. The molecule has 0 bridgehead atoms. The Kier molecular flexibility index (Phi) is 7.25. The zero-order chi connectivity index (χ0) is 18.2. The number of benzene rings is 2. The third-order valence-corrected chi connectivity index (χ3v) is 3.95. The molecule has 132 valence electrons. The van der Waals surface area contributed by atoms with Gasteiger partial charge in [0.05, 0.1) is 6.54 Å². The molecule has 5 nitrogen and oxygen atoms in total. The molecule has 0 aromatic heterocycles. The van der Waals surface area contributed by atoms with Gasteiger partial charge in [0.15, 0.2) is 0 Å². The van der Waals surface area contributed by atoms with Crippen LogP contribution in [0.1, 0.15) is 12.5 Å². The number of carbonyl (C=O) groups excluding carboxylic acids is 2. The first kappa shape index (κ1) is 19.2. The van der Waals surface area contributed by atoms with Crippen LogP contribution in [0.2, 0.25) is 10.0 Å². The SMILES string of the molecule is CC(=O)Nc1ccc(NC(=O)CNCCc2ccc(Cl)cc2Cl)cc1. The summed E-state index contributed by atoms with van der Waals surface area (Å²) >= 11 is 12.0. The second kappa shape index (κ2) is 9.42. The van der Waals surface area contributed by atoms with Gasteiger partial charge in [-0.25, -0.2) is 0 Å². The lowest BCUT2D eigenvalue weighted by molar-refractivity contribution is -0.115.